The van der Waals surface area contributed by atoms with E-state index in [4.69, 9.17) is 0 Å². The van der Waals surface area contributed by atoms with Gasteiger partial charge in [0.15, 0.2) is 0 Å². The zero-order chi connectivity index (χ0) is 26.7. The van der Waals surface area contributed by atoms with E-state index in [9.17, 15) is 26.0 Å². The molecule has 3 rings (SSSR count). The molecule has 0 saturated heterocycles. The van der Waals surface area contributed by atoms with Gasteiger partial charge in [-0.05, 0) is 49.7 Å². The van der Waals surface area contributed by atoms with Crippen LogP contribution in [0.2, 0.25) is 0 Å². The van der Waals surface area contributed by atoms with Gasteiger partial charge in [0.25, 0.3) is 0 Å². The first-order chi connectivity index (χ1) is 16.8. The van der Waals surface area contributed by atoms with Gasteiger partial charge in [0.1, 0.15) is 5.82 Å². The molecule has 3 aromatic rings. The summed E-state index contributed by atoms with van der Waals surface area (Å²) in [6.45, 7) is 2.51. The van der Waals surface area contributed by atoms with E-state index in [1.165, 1.54) is 56.6 Å². The molecule has 0 aliphatic carbocycles. The Morgan fingerprint density at radius 1 is 0.861 bits per heavy atom. The Morgan fingerprint density at radius 2 is 1.47 bits per heavy atom. The molecule has 0 radical (unpaired) electrons. The van der Waals surface area contributed by atoms with Crippen molar-refractivity contribution >= 4 is 31.6 Å². The van der Waals surface area contributed by atoms with Gasteiger partial charge in [-0.3, -0.25) is 4.79 Å². The standard InChI is InChI=1S/C25H28FN3O5S2/c1-18-9-12-21(13-10-18)36(33,34)29(16-20-7-5-6-8-23(20)26)17-25(30)27-24-15-22(14-11-19(24)2)35(31,32)28(3)4/h5-15H,16-17H2,1-4H3,(H,27,30). The Hall–Kier alpha value is -3.12. The molecule has 0 aromatic heterocycles. The Balaban J connectivity index is 1.93. The predicted molar refractivity (Wildman–Crippen MR) is 136 cm³/mol. The number of hydrogen-bond acceptors (Lipinski definition) is 5. The molecule has 36 heavy (non-hydrogen) atoms. The Bertz CT molecular complexity index is 1470. The first-order valence-corrected chi connectivity index (χ1v) is 13.8. The summed E-state index contributed by atoms with van der Waals surface area (Å²) in [5, 5.41) is 2.60. The minimum atomic E-state index is -4.17. The van der Waals surface area contributed by atoms with E-state index in [2.05, 4.69) is 5.32 Å². The minimum absolute atomic E-state index is 0.0242. The van der Waals surface area contributed by atoms with Gasteiger partial charge in [-0.2, -0.15) is 4.31 Å². The van der Waals surface area contributed by atoms with E-state index >= 15 is 0 Å². The molecule has 0 spiro atoms. The van der Waals surface area contributed by atoms with E-state index in [0.717, 1.165) is 14.2 Å². The largest absolute Gasteiger partial charge is 0.325 e. The maximum Gasteiger partial charge on any atom is 0.243 e. The van der Waals surface area contributed by atoms with Crippen molar-refractivity contribution < 1.29 is 26.0 Å². The number of amides is 1. The van der Waals surface area contributed by atoms with Gasteiger partial charge >= 0.3 is 0 Å². The molecule has 0 heterocycles. The SMILES string of the molecule is Cc1ccc(S(=O)(=O)N(CC(=O)Nc2cc(S(=O)(=O)N(C)C)ccc2C)Cc2ccccc2F)cc1. The average molecular weight is 534 g/mol. The van der Waals surface area contributed by atoms with Gasteiger partial charge in [-0.1, -0.05) is 42.0 Å². The van der Waals surface area contributed by atoms with Gasteiger partial charge in [-0.15, -0.1) is 0 Å². The van der Waals surface area contributed by atoms with Gasteiger partial charge < -0.3 is 5.32 Å². The summed E-state index contributed by atoms with van der Waals surface area (Å²) in [5.74, 6) is -1.30. The first-order valence-electron chi connectivity index (χ1n) is 11.0. The van der Waals surface area contributed by atoms with Crippen LogP contribution in [0.1, 0.15) is 16.7 Å². The normalized spacial score (nSPS) is 12.2. The maximum absolute atomic E-state index is 14.4. The molecular formula is C25H28FN3O5S2. The number of carbonyl (C=O) groups is 1. The van der Waals surface area contributed by atoms with Crippen LogP contribution in [0.3, 0.4) is 0 Å². The number of nitrogens with zero attached hydrogens (tertiary/aromatic N) is 2. The molecule has 0 bridgehead atoms. The van der Waals surface area contributed by atoms with Crippen molar-refractivity contribution in [1.29, 1.82) is 0 Å². The van der Waals surface area contributed by atoms with Crippen LogP contribution in [0.25, 0.3) is 0 Å². The van der Waals surface area contributed by atoms with E-state index in [0.29, 0.717) is 5.56 Å². The van der Waals surface area contributed by atoms with Crippen LogP contribution in [-0.4, -0.2) is 52.0 Å². The molecule has 3 aromatic carbocycles. The predicted octanol–water partition coefficient (Wildman–Crippen LogP) is 3.52. The van der Waals surface area contributed by atoms with Crippen LogP contribution in [0.5, 0.6) is 0 Å². The number of halogens is 1. The Morgan fingerprint density at radius 3 is 2.08 bits per heavy atom. The molecule has 0 fully saturated rings. The third-order valence-electron chi connectivity index (χ3n) is 5.54. The highest BCUT2D eigenvalue weighted by Crippen LogP contribution is 2.24. The van der Waals surface area contributed by atoms with Crippen LogP contribution in [0.4, 0.5) is 10.1 Å². The lowest BCUT2D eigenvalue weighted by molar-refractivity contribution is -0.116. The fourth-order valence-electron chi connectivity index (χ4n) is 3.36. The molecule has 8 nitrogen and oxygen atoms in total. The smallest absolute Gasteiger partial charge is 0.243 e. The second kappa shape index (κ2) is 10.9. The highest BCUT2D eigenvalue weighted by atomic mass is 32.2. The van der Waals surface area contributed by atoms with E-state index in [1.807, 2.05) is 6.92 Å². The molecule has 192 valence electrons. The third kappa shape index (κ3) is 6.16. The van der Waals surface area contributed by atoms with E-state index < -0.39 is 38.3 Å². The zero-order valence-corrected chi connectivity index (χ0v) is 22.0. The maximum atomic E-state index is 14.4. The summed E-state index contributed by atoms with van der Waals surface area (Å²) in [4.78, 5) is 12.9. The van der Waals surface area contributed by atoms with E-state index in [1.54, 1.807) is 31.2 Å². The third-order valence-corrected chi connectivity index (χ3v) is 9.16. The monoisotopic (exact) mass is 533 g/mol. The first kappa shape index (κ1) is 27.5. The Kier molecular flexibility index (Phi) is 8.29. The van der Waals surface area contributed by atoms with Gasteiger partial charge in [0, 0.05) is 31.9 Å². The van der Waals surface area contributed by atoms with Gasteiger partial charge in [0.05, 0.1) is 16.3 Å². The van der Waals surface area contributed by atoms with Crippen LogP contribution >= 0.6 is 0 Å². The topological polar surface area (TPSA) is 104 Å². The second-order valence-electron chi connectivity index (χ2n) is 8.49. The van der Waals surface area contributed by atoms with Crippen molar-refractivity contribution in [3.63, 3.8) is 0 Å². The molecule has 0 aliphatic heterocycles. The number of aryl methyl sites for hydroxylation is 2. The summed E-state index contributed by atoms with van der Waals surface area (Å²) in [5.41, 5.74) is 1.77. The molecule has 0 unspecified atom stereocenters. The van der Waals surface area contributed by atoms with Crippen LogP contribution in [0.15, 0.2) is 76.5 Å². The highest BCUT2D eigenvalue weighted by molar-refractivity contribution is 7.89. The molecule has 11 heteroatoms. The van der Waals surface area contributed by atoms with Crippen LogP contribution in [-0.2, 0) is 31.4 Å². The van der Waals surface area contributed by atoms with Crippen molar-refractivity contribution in [2.24, 2.45) is 0 Å². The molecule has 0 saturated carbocycles. The lowest BCUT2D eigenvalue weighted by Gasteiger charge is -2.23. The fraction of sp³-hybridized carbons (Fsp3) is 0.240. The van der Waals surface area contributed by atoms with Crippen molar-refractivity contribution in [2.75, 3.05) is 26.0 Å². The average Bonchev–Trinajstić information content (AvgIpc) is 2.81. The summed E-state index contributed by atoms with van der Waals surface area (Å²) >= 11 is 0. The van der Waals surface area contributed by atoms with Crippen molar-refractivity contribution in [1.82, 2.24) is 8.61 Å². The molecule has 0 atom stereocenters. The minimum Gasteiger partial charge on any atom is -0.325 e. The number of hydrogen-bond donors (Lipinski definition) is 1. The lowest BCUT2D eigenvalue weighted by atomic mass is 10.2. The molecule has 1 amide bonds. The summed E-state index contributed by atoms with van der Waals surface area (Å²) in [7, 11) is -5.13. The van der Waals surface area contributed by atoms with Crippen LogP contribution in [0, 0.1) is 19.7 Å². The highest BCUT2D eigenvalue weighted by Gasteiger charge is 2.28. The van der Waals surface area contributed by atoms with Gasteiger partial charge in [-0.25, -0.2) is 25.5 Å². The molecule has 0 aliphatic rings. The fourth-order valence-corrected chi connectivity index (χ4v) is 5.66. The lowest BCUT2D eigenvalue weighted by Crippen LogP contribution is -2.38. The number of anilines is 1. The molecular weight excluding hydrogens is 505 g/mol. The number of carbonyl (C=O) groups excluding carboxylic acids is 1. The zero-order valence-electron chi connectivity index (χ0n) is 20.4. The Labute approximate surface area is 211 Å². The number of sulfonamides is 2. The number of rotatable bonds is 9. The number of nitrogens with one attached hydrogen (secondary N) is 1. The summed E-state index contributed by atoms with van der Waals surface area (Å²) in [6.07, 6.45) is 0. The van der Waals surface area contributed by atoms with E-state index in [-0.39, 0.29) is 27.6 Å². The number of benzene rings is 3. The second-order valence-corrected chi connectivity index (χ2v) is 12.6. The quantitative estimate of drug-likeness (QED) is 0.453. The van der Waals surface area contributed by atoms with Gasteiger partial charge in [0.2, 0.25) is 26.0 Å². The summed E-state index contributed by atoms with van der Waals surface area (Å²) in [6, 6.07) is 16.1. The van der Waals surface area contributed by atoms with Crippen LogP contribution < -0.4 is 5.32 Å². The van der Waals surface area contributed by atoms with Crippen molar-refractivity contribution in [2.45, 2.75) is 30.2 Å². The summed E-state index contributed by atoms with van der Waals surface area (Å²) < 4.78 is 68.1. The van der Waals surface area contributed by atoms with Crippen molar-refractivity contribution in [3.8, 4) is 0 Å². The molecule has 1 N–H and O–H groups in total. The van der Waals surface area contributed by atoms with Crippen molar-refractivity contribution in [3.05, 3.63) is 89.2 Å².